The fourth-order valence-corrected chi connectivity index (χ4v) is 2.81. The molecule has 0 aliphatic carbocycles. The van der Waals surface area contributed by atoms with Crippen molar-refractivity contribution in [2.45, 2.75) is 38.8 Å². The minimum absolute atomic E-state index is 0.0485. The number of carbonyl (C=O) groups is 1. The molecular weight excluding hydrogens is 389 g/mol. The first kappa shape index (κ1) is 20.5. The van der Waals surface area contributed by atoms with Crippen molar-refractivity contribution in [3.8, 4) is 22.9 Å². The van der Waals surface area contributed by atoms with Crippen molar-refractivity contribution in [1.82, 2.24) is 14.7 Å². The minimum Gasteiger partial charge on any atom is -0.444 e. The first-order chi connectivity index (χ1) is 13.4. The molecule has 0 N–H and O–H groups in total. The summed E-state index contributed by atoms with van der Waals surface area (Å²) in [6.07, 6.45) is -2.31. The highest BCUT2D eigenvalue weighted by Gasteiger charge is 2.36. The van der Waals surface area contributed by atoms with E-state index in [0.29, 0.717) is 18.7 Å². The zero-order chi connectivity index (χ0) is 21.4. The van der Waals surface area contributed by atoms with Crippen LogP contribution < -0.4 is 4.74 Å². The number of nitrogens with zero attached hydrogens (tertiary/aromatic N) is 4. The van der Waals surface area contributed by atoms with Crippen LogP contribution in [0.4, 0.5) is 18.0 Å². The summed E-state index contributed by atoms with van der Waals surface area (Å²) in [7, 11) is 0. The van der Waals surface area contributed by atoms with Gasteiger partial charge in [-0.1, -0.05) is 0 Å². The van der Waals surface area contributed by atoms with Gasteiger partial charge in [0.2, 0.25) is 0 Å². The first-order valence-corrected chi connectivity index (χ1v) is 8.77. The standard InChI is InChI=1S/C19H19F3N4O3/c1-18(2,3)29-17(27)25-10-14(11-25)26-9-13(8-24-26)15-5-4-12(7-23)6-16(15)28-19(20,21)22/h4-6,8-9,14H,10-11H2,1-3H3. The number of carbonyl (C=O) groups excluding carboxylic acids is 1. The van der Waals surface area contributed by atoms with Crippen LogP contribution in [-0.4, -0.2) is 45.8 Å². The van der Waals surface area contributed by atoms with Gasteiger partial charge in [0, 0.05) is 30.4 Å². The van der Waals surface area contributed by atoms with Gasteiger partial charge in [-0.3, -0.25) is 4.68 Å². The minimum atomic E-state index is -4.89. The lowest BCUT2D eigenvalue weighted by Crippen LogP contribution is -2.52. The van der Waals surface area contributed by atoms with Crippen molar-refractivity contribution >= 4 is 6.09 Å². The molecule has 0 unspecified atom stereocenters. The fourth-order valence-electron chi connectivity index (χ4n) is 2.81. The van der Waals surface area contributed by atoms with E-state index in [0.717, 1.165) is 6.07 Å². The fraction of sp³-hybridized carbons (Fsp3) is 0.421. The highest BCUT2D eigenvalue weighted by atomic mass is 19.4. The van der Waals surface area contributed by atoms with Gasteiger partial charge in [0.05, 0.1) is 23.9 Å². The average molecular weight is 408 g/mol. The molecule has 0 saturated carbocycles. The third-order valence-electron chi connectivity index (χ3n) is 4.14. The summed E-state index contributed by atoms with van der Waals surface area (Å²) in [4.78, 5) is 13.5. The maximum atomic E-state index is 12.7. The Kier molecular flexibility index (Phi) is 5.17. The molecule has 3 rings (SSSR count). The molecule has 2 aromatic rings. The van der Waals surface area contributed by atoms with E-state index in [4.69, 9.17) is 10.00 Å². The predicted molar refractivity (Wildman–Crippen MR) is 95.9 cm³/mol. The summed E-state index contributed by atoms with van der Waals surface area (Å²) in [5.41, 5.74) is 0.0265. The predicted octanol–water partition coefficient (Wildman–Crippen LogP) is 4.11. The Bertz CT molecular complexity index is 951. The summed E-state index contributed by atoms with van der Waals surface area (Å²) in [5, 5.41) is 13.1. The summed E-state index contributed by atoms with van der Waals surface area (Å²) >= 11 is 0. The smallest absolute Gasteiger partial charge is 0.444 e. The number of aromatic nitrogens is 2. The van der Waals surface area contributed by atoms with Crippen LogP contribution in [0.1, 0.15) is 32.4 Å². The number of amides is 1. The molecule has 154 valence electrons. The van der Waals surface area contributed by atoms with Gasteiger partial charge in [-0.25, -0.2) is 4.79 Å². The van der Waals surface area contributed by atoms with Gasteiger partial charge in [-0.05, 0) is 39.0 Å². The molecule has 7 nitrogen and oxygen atoms in total. The second kappa shape index (κ2) is 7.31. The molecule has 0 bridgehead atoms. The van der Waals surface area contributed by atoms with Crippen LogP contribution in [0.5, 0.6) is 5.75 Å². The molecule has 10 heteroatoms. The van der Waals surface area contributed by atoms with Gasteiger partial charge in [0.25, 0.3) is 0 Å². The quantitative estimate of drug-likeness (QED) is 0.764. The van der Waals surface area contributed by atoms with Crippen LogP contribution >= 0.6 is 0 Å². The summed E-state index contributed by atoms with van der Waals surface area (Å²) < 4.78 is 49.2. The Hall–Kier alpha value is -3.22. The molecule has 1 aliphatic rings. The third kappa shape index (κ3) is 4.99. The highest BCUT2D eigenvalue weighted by molar-refractivity contribution is 5.71. The van der Waals surface area contributed by atoms with Crippen molar-refractivity contribution in [3.05, 3.63) is 36.2 Å². The normalized spacial score (nSPS) is 14.9. The number of halogens is 3. The third-order valence-corrected chi connectivity index (χ3v) is 4.14. The van der Waals surface area contributed by atoms with Gasteiger partial charge >= 0.3 is 12.5 Å². The zero-order valence-corrected chi connectivity index (χ0v) is 16.0. The molecule has 1 aromatic heterocycles. The molecule has 1 fully saturated rings. The zero-order valence-electron chi connectivity index (χ0n) is 16.0. The number of likely N-dealkylation sites (tertiary alicyclic amines) is 1. The number of ether oxygens (including phenoxy) is 2. The van der Waals surface area contributed by atoms with E-state index in [1.165, 1.54) is 23.2 Å². The monoisotopic (exact) mass is 408 g/mol. The van der Waals surface area contributed by atoms with Crippen LogP contribution in [-0.2, 0) is 4.74 Å². The van der Waals surface area contributed by atoms with Gasteiger partial charge in [-0.15, -0.1) is 13.2 Å². The maximum absolute atomic E-state index is 12.7. The molecule has 1 aliphatic heterocycles. The number of hydrogen-bond donors (Lipinski definition) is 0. The van der Waals surface area contributed by atoms with Gasteiger partial charge in [0.1, 0.15) is 11.4 Å². The number of rotatable bonds is 3. The molecule has 0 spiro atoms. The van der Waals surface area contributed by atoms with Crippen molar-refractivity contribution in [2.75, 3.05) is 13.1 Å². The van der Waals surface area contributed by atoms with E-state index in [1.807, 2.05) is 0 Å². The molecule has 1 amide bonds. The number of benzene rings is 1. The lowest BCUT2D eigenvalue weighted by molar-refractivity contribution is -0.274. The van der Waals surface area contributed by atoms with E-state index in [2.05, 4.69) is 9.84 Å². The Balaban J connectivity index is 1.75. The van der Waals surface area contributed by atoms with Crippen LogP contribution in [0.2, 0.25) is 0 Å². The van der Waals surface area contributed by atoms with E-state index >= 15 is 0 Å². The van der Waals surface area contributed by atoms with Crippen molar-refractivity contribution in [1.29, 1.82) is 5.26 Å². The Morgan fingerprint density at radius 1 is 1.28 bits per heavy atom. The Labute approximate surface area is 165 Å². The second-order valence-electron chi connectivity index (χ2n) is 7.62. The molecule has 29 heavy (non-hydrogen) atoms. The van der Waals surface area contributed by atoms with Gasteiger partial charge in [0.15, 0.2) is 0 Å². The van der Waals surface area contributed by atoms with Gasteiger partial charge in [-0.2, -0.15) is 10.4 Å². The Morgan fingerprint density at radius 3 is 2.55 bits per heavy atom. The molecule has 2 heterocycles. The SMILES string of the molecule is CC(C)(C)OC(=O)N1CC(n2cc(-c3ccc(C#N)cc3OC(F)(F)F)cn2)C1. The molecule has 1 saturated heterocycles. The van der Waals surface area contributed by atoms with Crippen molar-refractivity contribution in [2.24, 2.45) is 0 Å². The number of nitriles is 1. The summed E-state index contributed by atoms with van der Waals surface area (Å²) in [6.45, 7) is 6.10. The van der Waals surface area contributed by atoms with E-state index in [1.54, 1.807) is 37.7 Å². The van der Waals surface area contributed by atoms with Crippen molar-refractivity contribution in [3.63, 3.8) is 0 Å². The Morgan fingerprint density at radius 2 is 1.97 bits per heavy atom. The lowest BCUT2D eigenvalue weighted by atomic mass is 10.1. The van der Waals surface area contributed by atoms with Gasteiger partial charge < -0.3 is 14.4 Å². The first-order valence-electron chi connectivity index (χ1n) is 8.77. The topological polar surface area (TPSA) is 80.4 Å². The largest absolute Gasteiger partial charge is 0.573 e. The lowest BCUT2D eigenvalue weighted by Gasteiger charge is -2.39. The van der Waals surface area contributed by atoms with Crippen LogP contribution in [0.15, 0.2) is 30.6 Å². The molecule has 0 radical (unpaired) electrons. The van der Waals surface area contributed by atoms with E-state index in [9.17, 15) is 18.0 Å². The van der Waals surface area contributed by atoms with Crippen molar-refractivity contribution < 1.29 is 27.4 Å². The maximum Gasteiger partial charge on any atom is 0.573 e. The summed E-state index contributed by atoms with van der Waals surface area (Å²) in [6, 6.07) is 5.50. The number of hydrogen-bond acceptors (Lipinski definition) is 5. The number of alkyl halides is 3. The average Bonchev–Trinajstić information content (AvgIpc) is 2.99. The van der Waals surface area contributed by atoms with Crippen LogP contribution in [0.3, 0.4) is 0 Å². The summed E-state index contributed by atoms with van der Waals surface area (Å²) in [5.74, 6) is -0.472. The van der Waals surface area contributed by atoms with E-state index in [-0.39, 0.29) is 17.2 Å². The second-order valence-corrected chi connectivity index (χ2v) is 7.62. The molecule has 1 aromatic carbocycles. The highest BCUT2D eigenvalue weighted by Crippen LogP contribution is 2.35. The molecular formula is C19H19F3N4O3. The van der Waals surface area contributed by atoms with E-state index < -0.39 is 23.8 Å². The van der Waals surface area contributed by atoms with Crippen LogP contribution in [0, 0.1) is 11.3 Å². The van der Waals surface area contributed by atoms with Crippen LogP contribution in [0.25, 0.3) is 11.1 Å². The molecule has 0 atom stereocenters.